The van der Waals surface area contributed by atoms with Crippen LogP contribution in [0.4, 0.5) is 8.78 Å². The topological polar surface area (TPSA) is 17.1 Å². The van der Waals surface area contributed by atoms with Crippen LogP contribution in [0, 0.1) is 0 Å². The van der Waals surface area contributed by atoms with Gasteiger partial charge in [0, 0.05) is 18.4 Å². The van der Waals surface area contributed by atoms with Crippen molar-refractivity contribution in [2.24, 2.45) is 0 Å². The number of hydrogen-bond acceptors (Lipinski definition) is 1. The largest absolute Gasteiger partial charge is 0.300 e. The van der Waals surface area contributed by atoms with Gasteiger partial charge in [0.2, 0.25) is 0 Å². The molecular weight excluding hydrogens is 210 g/mol. The van der Waals surface area contributed by atoms with Crippen LogP contribution >= 0.6 is 0 Å². The number of ketones is 1. The van der Waals surface area contributed by atoms with Crippen LogP contribution in [-0.4, -0.2) is 5.78 Å². The van der Waals surface area contributed by atoms with Gasteiger partial charge in [-0.1, -0.05) is 24.3 Å². The molecule has 1 aliphatic rings. The van der Waals surface area contributed by atoms with Crippen molar-refractivity contribution < 1.29 is 13.6 Å². The summed E-state index contributed by atoms with van der Waals surface area (Å²) in [5, 5.41) is 0. The van der Waals surface area contributed by atoms with E-state index in [0.29, 0.717) is 24.5 Å². The van der Waals surface area contributed by atoms with E-state index in [1.165, 1.54) is 12.1 Å². The zero-order valence-corrected chi connectivity index (χ0v) is 8.96. The minimum atomic E-state index is -2.40. The number of Topliss-reactive ketones (excluding diaryl/α,β-unsaturated/α-hetero) is 1. The van der Waals surface area contributed by atoms with E-state index < -0.39 is 6.43 Å². The van der Waals surface area contributed by atoms with Crippen molar-refractivity contribution in [3.05, 3.63) is 35.4 Å². The molecule has 1 saturated carbocycles. The molecule has 1 nitrogen and oxygen atoms in total. The predicted octanol–water partition coefficient (Wildman–Crippen LogP) is 3.85. The van der Waals surface area contributed by atoms with Gasteiger partial charge in [-0.2, -0.15) is 0 Å². The molecule has 0 saturated heterocycles. The molecule has 0 amide bonds. The molecule has 16 heavy (non-hydrogen) atoms. The van der Waals surface area contributed by atoms with Crippen molar-refractivity contribution in [2.75, 3.05) is 0 Å². The molecule has 0 N–H and O–H groups in total. The molecule has 0 atom stereocenters. The van der Waals surface area contributed by atoms with Crippen molar-refractivity contribution in [3.63, 3.8) is 0 Å². The zero-order chi connectivity index (χ0) is 11.5. The Balaban J connectivity index is 2.07. The quantitative estimate of drug-likeness (QED) is 0.745. The van der Waals surface area contributed by atoms with Gasteiger partial charge in [0.05, 0.1) is 0 Å². The average molecular weight is 224 g/mol. The highest BCUT2D eigenvalue weighted by molar-refractivity contribution is 5.79. The maximum Gasteiger partial charge on any atom is 0.263 e. The van der Waals surface area contributed by atoms with E-state index in [-0.39, 0.29) is 5.56 Å². The van der Waals surface area contributed by atoms with Crippen LogP contribution in [0.3, 0.4) is 0 Å². The summed E-state index contributed by atoms with van der Waals surface area (Å²) in [6, 6.07) is 6.50. The maximum atomic E-state index is 12.3. The summed E-state index contributed by atoms with van der Waals surface area (Å²) >= 11 is 0. The third kappa shape index (κ3) is 2.46. The van der Waals surface area contributed by atoms with Gasteiger partial charge < -0.3 is 0 Å². The van der Waals surface area contributed by atoms with Gasteiger partial charge in [0.15, 0.2) is 0 Å². The number of carbonyl (C=O) groups excluding carboxylic acids is 1. The second-order valence-corrected chi connectivity index (χ2v) is 4.28. The lowest BCUT2D eigenvalue weighted by molar-refractivity contribution is -0.120. The first-order valence-corrected chi connectivity index (χ1v) is 5.56. The van der Waals surface area contributed by atoms with E-state index in [2.05, 4.69) is 0 Å². The van der Waals surface area contributed by atoms with E-state index in [4.69, 9.17) is 0 Å². The van der Waals surface area contributed by atoms with E-state index in [1.54, 1.807) is 12.1 Å². The minimum absolute atomic E-state index is 0.0654. The second kappa shape index (κ2) is 4.73. The van der Waals surface area contributed by atoms with Crippen LogP contribution in [0.2, 0.25) is 0 Å². The summed E-state index contributed by atoms with van der Waals surface area (Å²) in [7, 11) is 0. The first kappa shape index (κ1) is 11.2. The van der Waals surface area contributed by atoms with Gasteiger partial charge >= 0.3 is 0 Å². The Morgan fingerprint density at radius 1 is 1.06 bits per heavy atom. The fourth-order valence-electron chi connectivity index (χ4n) is 2.19. The summed E-state index contributed by atoms with van der Waals surface area (Å²) in [5.74, 6) is 0.685. The molecule has 1 aliphatic carbocycles. The van der Waals surface area contributed by atoms with Crippen LogP contribution in [0.15, 0.2) is 24.3 Å². The molecular formula is C13H14F2O. The fraction of sp³-hybridized carbons (Fsp3) is 0.462. The predicted molar refractivity (Wildman–Crippen MR) is 57.6 cm³/mol. The lowest BCUT2D eigenvalue weighted by Crippen LogP contribution is -2.12. The maximum absolute atomic E-state index is 12.3. The van der Waals surface area contributed by atoms with Crippen molar-refractivity contribution in [1.82, 2.24) is 0 Å². The van der Waals surface area contributed by atoms with Crippen LogP contribution in [0.5, 0.6) is 0 Å². The highest BCUT2D eigenvalue weighted by atomic mass is 19.3. The molecule has 0 bridgehead atoms. The molecule has 3 heteroatoms. The first-order valence-electron chi connectivity index (χ1n) is 5.56. The molecule has 0 aliphatic heterocycles. The van der Waals surface area contributed by atoms with Gasteiger partial charge in [0.25, 0.3) is 6.43 Å². The van der Waals surface area contributed by atoms with Crippen molar-refractivity contribution >= 4 is 5.78 Å². The molecule has 1 aromatic carbocycles. The Morgan fingerprint density at radius 2 is 1.62 bits per heavy atom. The number of alkyl halides is 2. The number of rotatable bonds is 2. The Bertz CT molecular complexity index is 360. The standard InChI is InChI=1S/C13H14F2O/c14-13(15)11-3-1-9(2-4-11)10-5-7-12(16)8-6-10/h1-4,10,13H,5-8H2. The molecule has 0 radical (unpaired) electrons. The number of carbonyl (C=O) groups is 1. The van der Waals surface area contributed by atoms with Crippen molar-refractivity contribution in [3.8, 4) is 0 Å². The van der Waals surface area contributed by atoms with E-state index in [9.17, 15) is 13.6 Å². The lowest BCUT2D eigenvalue weighted by Gasteiger charge is -2.21. The monoisotopic (exact) mass is 224 g/mol. The van der Waals surface area contributed by atoms with E-state index in [0.717, 1.165) is 18.4 Å². The van der Waals surface area contributed by atoms with Gasteiger partial charge in [-0.05, 0) is 24.3 Å². The molecule has 2 rings (SSSR count). The fourth-order valence-corrected chi connectivity index (χ4v) is 2.19. The van der Waals surface area contributed by atoms with Crippen LogP contribution < -0.4 is 0 Å². The molecule has 86 valence electrons. The summed E-state index contributed by atoms with van der Waals surface area (Å²) in [4.78, 5) is 11.1. The van der Waals surface area contributed by atoms with E-state index >= 15 is 0 Å². The molecule has 1 aromatic rings. The summed E-state index contributed by atoms with van der Waals surface area (Å²) in [6.45, 7) is 0. The van der Waals surface area contributed by atoms with Crippen LogP contribution in [-0.2, 0) is 4.79 Å². The van der Waals surface area contributed by atoms with Gasteiger partial charge in [0.1, 0.15) is 5.78 Å². The summed E-state index contributed by atoms with van der Waals surface area (Å²) < 4.78 is 24.7. The highest BCUT2D eigenvalue weighted by Crippen LogP contribution is 2.32. The summed E-state index contributed by atoms with van der Waals surface area (Å²) in [6.07, 6.45) is 0.560. The second-order valence-electron chi connectivity index (χ2n) is 4.28. The zero-order valence-electron chi connectivity index (χ0n) is 8.96. The van der Waals surface area contributed by atoms with Gasteiger partial charge in [-0.15, -0.1) is 0 Å². The first-order chi connectivity index (χ1) is 7.66. The number of hydrogen-bond donors (Lipinski definition) is 0. The SMILES string of the molecule is O=C1CCC(c2ccc(C(F)F)cc2)CC1. The molecule has 0 spiro atoms. The third-order valence-corrected chi connectivity index (χ3v) is 3.20. The molecule has 0 heterocycles. The number of halogens is 2. The smallest absolute Gasteiger partial charge is 0.263 e. The Kier molecular flexibility index (Phi) is 3.32. The van der Waals surface area contributed by atoms with Gasteiger partial charge in [-0.25, -0.2) is 8.78 Å². The van der Waals surface area contributed by atoms with Crippen LogP contribution in [0.25, 0.3) is 0 Å². The Hall–Kier alpha value is -1.25. The Morgan fingerprint density at radius 3 is 2.12 bits per heavy atom. The normalized spacial score (nSPS) is 18.1. The van der Waals surface area contributed by atoms with E-state index in [1.807, 2.05) is 0 Å². The lowest BCUT2D eigenvalue weighted by atomic mass is 9.83. The van der Waals surface area contributed by atoms with Crippen molar-refractivity contribution in [1.29, 1.82) is 0 Å². The molecule has 0 unspecified atom stereocenters. The minimum Gasteiger partial charge on any atom is -0.300 e. The van der Waals surface area contributed by atoms with Crippen LogP contribution in [0.1, 0.15) is 49.2 Å². The average Bonchev–Trinajstić information content (AvgIpc) is 2.30. The van der Waals surface area contributed by atoms with Gasteiger partial charge in [-0.3, -0.25) is 4.79 Å². The number of benzene rings is 1. The van der Waals surface area contributed by atoms with Crippen molar-refractivity contribution in [2.45, 2.75) is 38.0 Å². The molecule has 1 fully saturated rings. The molecule has 0 aromatic heterocycles. The third-order valence-electron chi connectivity index (χ3n) is 3.20. The highest BCUT2D eigenvalue weighted by Gasteiger charge is 2.20. The summed E-state index contributed by atoms with van der Waals surface area (Å²) in [5.41, 5.74) is 1.15. The Labute approximate surface area is 93.5 Å².